The van der Waals surface area contributed by atoms with E-state index in [1.54, 1.807) is 60.7 Å². The van der Waals surface area contributed by atoms with E-state index in [0.717, 1.165) is 10.0 Å². The number of amides is 2. The van der Waals surface area contributed by atoms with E-state index in [9.17, 15) is 9.59 Å². The molecule has 0 radical (unpaired) electrons. The molecule has 0 unspecified atom stereocenters. The number of carbonyl (C=O) groups excluding carboxylic acids is 2. The van der Waals surface area contributed by atoms with Crippen molar-refractivity contribution in [2.75, 3.05) is 17.2 Å². The van der Waals surface area contributed by atoms with Crippen molar-refractivity contribution in [3.05, 3.63) is 123 Å². The molecule has 0 aliphatic rings. The molecule has 0 aliphatic carbocycles. The summed E-state index contributed by atoms with van der Waals surface area (Å²) in [5.74, 6) is -0.283. The van der Waals surface area contributed by atoms with E-state index < -0.39 is 5.91 Å². The number of hydrogen-bond donors (Lipinski definition) is 3. The summed E-state index contributed by atoms with van der Waals surface area (Å²) in [5.41, 5.74) is 3.02. The summed E-state index contributed by atoms with van der Waals surface area (Å²) in [6.07, 6.45) is 0.707. The van der Waals surface area contributed by atoms with Gasteiger partial charge >= 0.3 is 0 Å². The second-order valence-electron chi connectivity index (χ2n) is 8.18. The van der Waals surface area contributed by atoms with E-state index in [1.165, 1.54) is 0 Å². The summed E-state index contributed by atoms with van der Waals surface area (Å²) in [7, 11) is 0. The molecule has 0 aromatic heterocycles. The molecule has 0 saturated heterocycles. The predicted octanol–water partition coefficient (Wildman–Crippen LogP) is 7.10. The van der Waals surface area contributed by atoms with Crippen molar-refractivity contribution in [2.24, 2.45) is 0 Å². The van der Waals surface area contributed by atoms with Crippen LogP contribution >= 0.6 is 39.7 Å². The molecule has 0 heterocycles. The Kier molecular flexibility index (Phi) is 9.48. The number of rotatable bonds is 8. The van der Waals surface area contributed by atoms with Crippen molar-refractivity contribution >= 4 is 68.1 Å². The Morgan fingerprint density at radius 1 is 0.816 bits per heavy atom. The minimum Gasteiger partial charge on any atom is -0.492 e. The number of thiocarbonyl (C=S) groups is 1. The van der Waals surface area contributed by atoms with Gasteiger partial charge < -0.3 is 15.4 Å². The third-order valence-electron chi connectivity index (χ3n) is 5.37. The fraction of sp³-hybridized carbons (Fsp3) is 0.0690. The first-order chi connectivity index (χ1) is 18.4. The van der Waals surface area contributed by atoms with Crippen LogP contribution in [0.25, 0.3) is 0 Å². The predicted molar refractivity (Wildman–Crippen MR) is 159 cm³/mol. The molecule has 4 aromatic carbocycles. The molecule has 0 spiro atoms. The molecular weight excluding hydrogens is 586 g/mol. The zero-order valence-corrected chi connectivity index (χ0v) is 23.2. The van der Waals surface area contributed by atoms with Gasteiger partial charge in [-0.2, -0.15) is 0 Å². The number of benzene rings is 4. The second kappa shape index (κ2) is 13.2. The summed E-state index contributed by atoms with van der Waals surface area (Å²) in [6.45, 7) is 0.415. The Bertz CT molecular complexity index is 1470. The normalized spacial score (nSPS) is 10.4. The lowest BCUT2D eigenvalue weighted by atomic mass is 10.1. The largest absolute Gasteiger partial charge is 0.492 e. The van der Waals surface area contributed by atoms with Crippen molar-refractivity contribution in [2.45, 2.75) is 6.42 Å². The van der Waals surface area contributed by atoms with Gasteiger partial charge in [0.05, 0.1) is 12.2 Å². The van der Waals surface area contributed by atoms with Gasteiger partial charge in [0.25, 0.3) is 11.8 Å². The monoisotopic (exact) mass is 607 g/mol. The van der Waals surface area contributed by atoms with Gasteiger partial charge in [0.15, 0.2) is 5.11 Å². The summed E-state index contributed by atoms with van der Waals surface area (Å²) in [5, 5.41) is 9.04. The Balaban J connectivity index is 1.37. The first-order valence-corrected chi connectivity index (χ1v) is 13.2. The summed E-state index contributed by atoms with van der Waals surface area (Å²) in [6, 6.07) is 28.8. The van der Waals surface area contributed by atoms with E-state index in [1.807, 2.05) is 36.4 Å². The maximum absolute atomic E-state index is 13.0. The van der Waals surface area contributed by atoms with E-state index in [0.29, 0.717) is 46.3 Å². The van der Waals surface area contributed by atoms with Gasteiger partial charge in [0, 0.05) is 32.9 Å². The van der Waals surface area contributed by atoms with Crippen molar-refractivity contribution in [3.63, 3.8) is 0 Å². The van der Waals surface area contributed by atoms with Crippen LogP contribution in [0.2, 0.25) is 5.02 Å². The van der Waals surface area contributed by atoms with E-state index in [2.05, 4.69) is 31.9 Å². The maximum atomic E-state index is 13.0. The molecule has 0 bridgehead atoms. The molecule has 192 valence electrons. The maximum Gasteiger partial charge on any atom is 0.261 e. The highest BCUT2D eigenvalue weighted by atomic mass is 79.9. The van der Waals surface area contributed by atoms with Crippen molar-refractivity contribution in [3.8, 4) is 5.75 Å². The average molecular weight is 609 g/mol. The highest BCUT2D eigenvalue weighted by Crippen LogP contribution is 2.24. The highest BCUT2D eigenvalue weighted by Gasteiger charge is 2.16. The summed E-state index contributed by atoms with van der Waals surface area (Å²) >= 11 is 14.8. The van der Waals surface area contributed by atoms with Crippen LogP contribution < -0.4 is 20.7 Å². The lowest BCUT2D eigenvalue weighted by Gasteiger charge is -2.14. The molecule has 0 atom stereocenters. The van der Waals surface area contributed by atoms with Gasteiger partial charge in [-0.15, -0.1) is 0 Å². The summed E-state index contributed by atoms with van der Waals surface area (Å²) in [4.78, 5) is 25.7. The van der Waals surface area contributed by atoms with Gasteiger partial charge in [-0.25, -0.2) is 0 Å². The van der Waals surface area contributed by atoms with Crippen LogP contribution in [-0.4, -0.2) is 23.5 Å². The third kappa shape index (κ3) is 7.89. The lowest BCUT2D eigenvalue weighted by Crippen LogP contribution is -2.34. The quantitative estimate of drug-likeness (QED) is 0.186. The van der Waals surface area contributed by atoms with E-state index in [-0.39, 0.29) is 11.0 Å². The molecule has 9 heteroatoms. The Hall–Kier alpha value is -3.72. The fourth-order valence-corrected chi connectivity index (χ4v) is 4.33. The highest BCUT2D eigenvalue weighted by molar-refractivity contribution is 9.10. The van der Waals surface area contributed by atoms with Crippen molar-refractivity contribution in [1.82, 2.24) is 5.32 Å². The van der Waals surface area contributed by atoms with Crippen LogP contribution in [-0.2, 0) is 6.42 Å². The van der Waals surface area contributed by atoms with Crippen LogP contribution in [0.1, 0.15) is 26.3 Å². The van der Waals surface area contributed by atoms with Gasteiger partial charge in [0.1, 0.15) is 5.75 Å². The lowest BCUT2D eigenvalue weighted by molar-refractivity contribution is 0.0972. The Morgan fingerprint density at radius 2 is 1.55 bits per heavy atom. The van der Waals surface area contributed by atoms with Crippen molar-refractivity contribution in [1.29, 1.82) is 0 Å². The number of halogens is 2. The molecule has 4 aromatic rings. The van der Waals surface area contributed by atoms with Crippen molar-refractivity contribution < 1.29 is 14.3 Å². The Morgan fingerprint density at radius 3 is 2.32 bits per heavy atom. The zero-order valence-electron chi connectivity index (χ0n) is 20.0. The van der Waals surface area contributed by atoms with E-state index in [4.69, 9.17) is 28.6 Å². The molecule has 3 N–H and O–H groups in total. The first-order valence-electron chi connectivity index (χ1n) is 11.6. The Labute approximate surface area is 239 Å². The summed E-state index contributed by atoms with van der Waals surface area (Å²) < 4.78 is 6.65. The SMILES string of the molecule is O=C(Nc1cccc(Cl)c1)c1cccc(NC(=S)NC(=O)c2cc(Br)ccc2OCCc2ccccc2)c1. The average Bonchev–Trinajstić information content (AvgIpc) is 2.90. The minimum atomic E-state index is -0.423. The molecule has 4 rings (SSSR count). The first kappa shape index (κ1) is 27.3. The number of hydrogen-bond acceptors (Lipinski definition) is 4. The zero-order chi connectivity index (χ0) is 26.9. The second-order valence-corrected chi connectivity index (χ2v) is 9.94. The van der Waals surface area contributed by atoms with Gasteiger partial charge in [0.2, 0.25) is 0 Å². The molecule has 0 saturated carbocycles. The smallest absolute Gasteiger partial charge is 0.261 e. The number of ether oxygens (including phenoxy) is 1. The van der Waals surface area contributed by atoms with Crippen LogP contribution in [0.4, 0.5) is 11.4 Å². The fourth-order valence-electron chi connectivity index (χ4n) is 3.57. The van der Waals surface area contributed by atoms with Gasteiger partial charge in [-0.05, 0) is 72.4 Å². The molecule has 0 aliphatic heterocycles. The number of anilines is 2. The molecule has 38 heavy (non-hydrogen) atoms. The van der Waals surface area contributed by atoms with E-state index >= 15 is 0 Å². The van der Waals surface area contributed by atoms with Crippen LogP contribution in [0.15, 0.2) is 102 Å². The third-order valence-corrected chi connectivity index (χ3v) is 6.30. The number of carbonyl (C=O) groups is 2. The van der Waals surface area contributed by atoms with Gasteiger partial charge in [-0.1, -0.05) is 70.0 Å². The van der Waals surface area contributed by atoms with Crippen LogP contribution in [0.3, 0.4) is 0 Å². The molecule has 0 fully saturated rings. The molecule has 2 amide bonds. The topological polar surface area (TPSA) is 79.5 Å². The minimum absolute atomic E-state index is 0.0811. The standard InChI is InChI=1S/C29H23BrClN3O3S/c30-21-12-13-26(37-15-14-19-6-2-1-3-7-19)25(17-21)28(36)34-29(38)33-23-10-4-8-20(16-23)27(35)32-24-11-5-9-22(31)18-24/h1-13,16-18H,14-15H2,(H,32,35)(H2,33,34,36,38). The molecular formula is C29H23BrClN3O3S. The van der Waals surface area contributed by atoms with Crippen LogP contribution in [0.5, 0.6) is 5.75 Å². The van der Waals surface area contributed by atoms with Crippen LogP contribution in [0, 0.1) is 0 Å². The molecule has 6 nitrogen and oxygen atoms in total. The van der Waals surface area contributed by atoms with Gasteiger partial charge in [-0.3, -0.25) is 14.9 Å². The number of nitrogens with one attached hydrogen (secondary N) is 3.